The van der Waals surface area contributed by atoms with E-state index in [1.807, 2.05) is 6.07 Å². The summed E-state index contributed by atoms with van der Waals surface area (Å²) in [5.41, 5.74) is 3.61. The molecule has 4 rings (SSSR count). The van der Waals surface area contributed by atoms with Gasteiger partial charge in [-0.3, -0.25) is 4.90 Å². The topological polar surface area (TPSA) is 24.0 Å². The lowest BCUT2D eigenvalue weighted by Gasteiger charge is -2.35. The van der Waals surface area contributed by atoms with Crippen molar-refractivity contribution in [3.63, 3.8) is 0 Å². The predicted octanol–water partition coefficient (Wildman–Crippen LogP) is 4.36. The minimum absolute atomic E-state index is 0.502. The van der Waals surface area contributed by atoms with Gasteiger partial charge in [-0.25, -0.2) is 0 Å². The second-order valence-corrected chi connectivity index (χ2v) is 7.40. The van der Waals surface area contributed by atoms with Crippen LogP contribution in [0.25, 0.3) is 11.0 Å². The van der Waals surface area contributed by atoms with Gasteiger partial charge in [0.15, 0.2) is 4.77 Å². The Hall–Kier alpha value is -0.840. The molecule has 2 heterocycles. The van der Waals surface area contributed by atoms with Crippen molar-refractivity contribution < 1.29 is 0 Å². The van der Waals surface area contributed by atoms with Gasteiger partial charge in [0.1, 0.15) is 0 Å². The average Bonchev–Trinajstić information content (AvgIpc) is 2.60. The highest BCUT2D eigenvalue weighted by Crippen LogP contribution is 2.32. The molecule has 1 saturated carbocycles. The van der Waals surface area contributed by atoms with Crippen molar-refractivity contribution >= 4 is 34.9 Å². The first-order valence-electron chi connectivity index (χ1n) is 7.77. The smallest absolute Gasteiger partial charge is 0.178 e. The first kappa shape index (κ1) is 13.8. The van der Waals surface area contributed by atoms with Gasteiger partial charge in [-0.1, -0.05) is 18.0 Å². The maximum atomic E-state index is 6.29. The molecule has 0 radical (unpaired) electrons. The zero-order chi connectivity index (χ0) is 14.6. The molecule has 1 aliphatic heterocycles. The maximum absolute atomic E-state index is 6.29. The van der Waals surface area contributed by atoms with Gasteiger partial charge in [-0.2, -0.15) is 0 Å². The fraction of sp³-hybridized carbons (Fsp3) is 0.562. The lowest BCUT2D eigenvalue weighted by molar-refractivity contribution is 0.127. The third-order valence-corrected chi connectivity index (χ3v) is 5.61. The highest BCUT2D eigenvalue weighted by Gasteiger charge is 2.27. The van der Waals surface area contributed by atoms with Crippen LogP contribution in [0.5, 0.6) is 0 Å². The average molecular weight is 322 g/mol. The Balaban J connectivity index is 1.78. The Morgan fingerprint density at radius 2 is 2.19 bits per heavy atom. The fourth-order valence-electron chi connectivity index (χ4n) is 3.65. The van der Waals surface area contributed by atoms with Crippen LogP contribution < -0.4 is 0 Å². The maximum Gasteiger partial charge on any atom is 0.178 e. The Morgan fingerprint density at radius 1 is 1.38 bits per heavy atom. The molecule has 112 valence electrons. The molecule has 1 unspecified atom stereocenters. The molecule has 0 amide bonds. The largest absolute Gasteiger partial charge is 0.331 e. The second kappa shape index (κ2) is 5.11. The van der Waals surface area contributed by atoms with Crippen LogP contribution in [0.3, 0.4) is 0 Å². The Labute approximate surface area is 134 Å². The molecule has 0 bridgehead atoms. The number of hydrogen-bond acceptors (Lipinski definition) is 2. The van der Waals surface area contributed by atoms with E-state index in [0.29, 0.717) is 6.04 Å². The summed E-state index contributed by atoms with van der Waals surface area (Å²) in [5.74, 6) is 0.883. The number of aromatic nitrogens is 2. The van der Waals surface area contributed by atoms with E-state index in [4.69, 9.17) is 23.8 Å². The Bertz CT molecular complexity index is 744. The molecule has 1 aromatic heterocycles. The lowest BCUT2D eigenvalue weighted by Crippen LogP contribution is -2.39. The van der Waals surface area contributed by atoms with Gasteiger partial charge in [-0.05, 0) is 55.6 Å². The molecule has 1 atom stereocenters. The molecule has 3 nitrogen and oxygen atoms in total. The number of nitrogens with one attached hydrogen (secondary N) is 1. The number of imidazole rings is 1. The van der Waals surface area contributed by atoms with E-state index in [1.165, 1.54) is 36.9 Å². The van der Waals surface area contributed by atoms with E-state index < -0.39 is 0 Å². The molecule has 1 aromatic carbocycles. The Morgan fingerprint density at radius 3 is 2.90 bits per heavy atom. The summed E-state index contributed by atoms with van der Waals surface area (Å²) in [4.78, 5) is 5.91. The minimum Gasteiger partial charge on any atom is -0.331 e. The third kappa shape index (κ3) is 2.33. The Kier molecular flexibility index (Phi) is 3.36. The molecule has 1 N–H and O–H groups in total. The van der Waals surface area contributed by atoms with Crippen molar-refractivity contribution in [1.29, 1.82) is 0 Å². The zero-order valence-electron chi connectivity index (χ0n) is 12.2. The van der Waals surface area contributed by atoms with E-state index >= 15 is 0 Å². The van der Waals surface area contributed by atoms with Gasteiger partial charge in [0.05, 0.1) is 11.0 Å². The van der Waals surface area contributed by atoms with Gasteiger partial charge in [0.2, 0.25) is 0 Å². The fourth-order valence-corrected chi connectivity index (χ4v) is 4.17. The van der Waals surface area contributed by atoms with Crippen molar-refractivity contribution in [2.24, 2.45) is 5.92 Å². The minimum atomic E-state index is 0.502. The van der Waals surface area contributed by atoms with Gasteiger partial charge in [0, 0.05) is 30.7 Å². The molecule has 1 aliphatic carbocycles. The number of halogens is 1. The van der Waals surface area contributed by atoms with Crippen molar-refractivity contribution in [1.82, 2.24) is 14.5 Å². The standard InChI is InChI=1S/C16H20ClN3S/c1-10-7-20-15-12(9-19(10)8-11-3-2-4-11)5-13(17)6-14(15)18-16(20)21/h5-6,10-11H,2-4,7-9H2,1H3,(H,18,21). The van der Waals surface area contributed by atoms with Crippen LogP contribution in [0.4, 0.5) is 0 Å². The highest BCUT2D eigenvalue weighted by atomic mass is 35.5. The summed E-state index contributed by atoms with van der Waals surface area (Å²) >= 11 is 11.8. The number of benzene rings is 1. The summed E-state index contributed by atoms with van der Waals surface area (Å²) in [6.45, 7) is 5.45. The molecule has 5 heteroatoms. The molecule has 0 saturated heterocycles. The van der Waals surface area contributed by atoms with Crippen LogP contribution in [-0.2, 0) is 13.1 Å². The molecular weight excluding hydrogens is 302 g/mol. The summed E-state index contributed by atoms with van der Waals surface area (Å²) in [7, 11) is 0. The van der Waals surface area contributed by atoms with E-state index in [9.17, 15) is 0 Å². The van der Waals surface area contributed by atoms with Crippen molar-refractivity contribution in [3.05, 3.63) is 27.5 Å². The molecule has 21 heavy (non-hydrogen) atoms. The lowest BCUT2D eigenvalue weighted by atomic mass is 9.85. The van der Waals surface area contributed by atoms with Gasteiger partial charge in [-0.15, -0.1) is 0 Å². The molecule has 2 aromatic rings. The highest BCUT2D eigenvalue weighted by molar-refractivity contribution is 7.71. The number of nitrogens with zero attached hydrogens (tertiary/aromatic N) is 2. The molecule has 1 fully saturated rings. The van der Waals surface area contributed by atoms with Gasteiger partial charge in [0.25, 0.3) is 0 Å². The van der Waals surface area contributed by atoms with Crippen molar-refractivity contribution in [2.45, 2.75) is 45.3 Å². The zero-order valence-corrected chi connectivity index (χ0v) is 13.8. The van der Waals surface area contributed by atoms with Crippen LogP contribution in [0.2, 0.25) is 5.02 Å². The number of hydrogen-bond donors (Lipinski definition) is 1. The van der Waals surface area contributed by atoms with Crippen molar-refractivity contribution in [3.8, 4) is 0 Å². The second-order valence-electron chi connectivity index (χ2n) is 6.58. The van der Waals surface area contributed by atoms with Crippen molar-refractivity contribution in [2.75, 3.05) is 6.54 Å². The quantitative estimate of drug-likeness (QED) is 0.831. The molecule has 0 spiro atoms. The first-order valence-corrected chi connectivity index (χ1v) is 8.55. The van der Waals surface area contributed by atoms with Crippen LogP contribution in [0, 0.1) is 10.7 Å². The van der Waals surface area contributed by atoms with Crippen LogP contribution in [-0.4, -0.2) is 27.0 Å². The van der Waals surface area contributed by atoms with Gasteiger partial charge < -0.3 is 9.55 Å². The van der Waals surface area contributed by atoms with E-state index in [1.54, 1.807) is 0 Å². The van der Waals surface area contributed by atoms with Gasteiger partial charge >= 0.3 is 0 Å². The van der Waals surface area contributed by atoms with E-state index in [0.717, 1.165) is 34.3 Å². The van der Waals surface area contributed by atoms with Crippen LogP contribution in [0.1, 0.15) is 31.7 Å². The van der Waals surface area contributed by atoms with E-state index in [-0.39, 0.29) is 0 Å². The molecule has 2 aliphatic rings. The summed E-state index contributed by atoms with van der Waals surface area (Å²) in [6, 6.07) is 4.59. The van der Waals surface area contributed by atoms with Crippen LogP contribution in [0.15, 0.2) is 12.1 Å². The molecular formula is C16H20ClN3S. The number of rotatable bonds is 2. The number of aromatic amines is 1. The normalized spacial score (nSPS) is 23.2. The summed E-state index contributed by atoms with van der Waals surface area (Å²) in [5, 5.41) is 0.791. The monoisotopic (exact) mass is 321 g/mol. The number of H-pyrrole nitrogens is 1. The SMILES string of the molecule is CC1Cn2c(=S)[nH]c3cc(Cl)cc(c32)CN1CC1CCC1. The van der Waals surface area contributed by atoms with E-state index in [2.05, 4.69) is 27.4 Å². The van der Waals surface area contributed by atoms with Crippen LogP contribution >= 0.6 is 23.8 Å². The summed E-state index contributed by atoms with van der Waals surface area (Å²) in [6.07, 6.45) is 4.18. The summed E-state index contributed by atoms with van der Waals surface area (Å²) < 4.78 is 3.06. The first-order chi connectivity index (χ1) is 10.1. The predicted molar refractivity (Wildman–Crippen MR) is 89.3 cm³/mol. The third-order valence-electron chi connectivity index (χ3n) is 5.07.